The van der Waals surface area contributed by atoms with Gasteiger partial charge in [-0.3, -0.25) is 0 Å². The van der Waals surface area contributed by atoms with E-state index in [-0.39, 0.29) is 6.10 Å². The first-order valence-corrected chi connectivity index (χ1v) is 9.01. The van der Waals surface area contributed by atoms with Crippen molar-refractivity contribution in [1.82, 2.24) is 15.0 Å². The molecule has 2 aromatic carbocycles. The highest BCUT2D eigenvalue weighted by Gasteiger charge is 2.30. The third kappa shape index (κ3) is 3.08. The highest BCUT2D eigenvalue weighted by molar-refractivity contribution is 5.80. The van der Waals surface area contributed by atoms with Gasteiger partial charge < -0.3 is 9.64 Å². The van der Waals surface area contributed by atoms with Crippen LogP contribution in [0, 0.1) is 0 Å². The maximum absolute atomic E-state index is 6.13. The lowest BCUT2D eigenvalue weighted by molar-refractivity contribution is 0.160. The number of nitrogens with zero attached hydrogens (tertiary/aromatic N) is 4. The van der Waals surface area contributed by atoms with Gasteiger partial charge in [-0.2, -0.15) is 0 Å². The van der Waals surface area contributed by atoms with Crippen LogP contribution in [-0.4, -0.2) is 34.1 Å². The van der Waals surface area contributed by atoms with Crippen LogP contribution in [0.4, 0.5) is 5.82 Å². The van der Waals surface area contributed by atoms with E-state index >= 15 is 0 Å². The number of ether oxygens (including phenoxy) is 1. The van der Waals surface area contributed by atoms with Gasteiger partial charge in [0, 0.05) is 23.3 Å². The van der Waals surface area contributed by atoms with E-state index in [0.29, 0.717) is 5.88 Å². The van der Waals surface area contributed by atoms with Crippen LogP contribution in [-0.2, 0) is 0 Å². The molecule has 27 heavy (non-hydrogen) atoms. The van der Waals surface area contributed by atoms with Crippen molar-refractivity contribution in [3.8, 4) is 17.1 Å². The number of pyridine rings is 1. The molecule has 1 saturated heterocycles. The number of benzene rings is 2. The number of anilines is 1. The molecule has 132 valence electrons. The molecule has 0 unspecified atom stereocenters. The van der Waals surface area contributed by atoms with Crippen molar-refractivity contribution in [3.05, 3.63) is 79.1 Å². The molecule has 0 radical (unpaired) electrons. The lowest BCUT2D eigenvalue weighted by Crippen LogP contribution is -2.54. The SMILES string of the molecule is c1ccc(-c2nccnc2OC2CN(c3ccc4ccccc4n3)C2)cc1. The summed E-state index contributed by atoms with van der Waals surface area (Å²) in [6, 6.07) is 22.3. The third-order valence-corrected chi connectivity index (χ3v) is 4.75. The monoisotopic (exact) mass is 354 g/mol. The molecule has 4 aromatic rings. The second-order valence-electron chi connectivity index (χ2n) is 6.58. The zero-order valence-corrected chi connectivity index (χ0v) is 14.7. The molecule has 0 bridgehead atoms. The van der Waals surface area contributed by atoms with Crippen molar-refractivity contribution < 1.29 is 4.74 Å². The van der Waals surface area contributed by atoms with Crippen molar-refractivity contribution in [3.63, 3.8) is 0 Å². The Hall–Kier alpha value is -3.47. The molecule has 2 aromatic heterocycles. The van der Waals surface area contributed by atoms with Gasteiger partial charge in [-0.15, -0.1) is 0 Å². The third-order valence-electron chi connectivity index (χ3n) is 4.75. The van der Waals surface area contributed by atoms with E-state index in [9.17, 15) is 0 Å². The van der Waals surface area contributed by atoms with Gasteiger partial charge in [0.15, 0.2) is 0 Å². The van der Waals surface area contributed by atoms with E-state index in [2.05, 4.69) is 33.1 Å². The van der Waals surface area contributed by atoms with Crippen LogP contribution >= 0.6 is 0 Å². The Balaban J connectivity index is 1.31. The quantitative estimate of drug-likeness (QED) is 0.555. The van der Waals surface area contributed by atoms with E-state index < -0.39 is 0 Å². The molecule has 1 fully saturated rings. The molecule has 1 aliphatic heterocycles. The maximum atomic E-state index is 6.13. The van der Waals surface area contributed by atoms with Crippen LogP contribution in [0.3, 0.4) is 0 Å². The van der Waals surface area contributed by atoms with Crippen molar-refractivity contribution in [1.29, 1.82) is 0 Å². The van der Waals surface area contributed by atoms with Gasteiger partial charge >= 0.3 is 0 Å². The average molecular weight is 354 g/mol. The molecule has 0 spiro atoms. The first kappa shape index (κ1) is 15.8. The summed E-state index contributed by atoms with van der Waals surface area (Å²) in [4.78, 5) is 15.8. The minimum absolute atomic E-state index is 0.0810. The van der Waals surface area contributed by atoms with Crippen LogP contribution in [0.2, 0.25) is 0 Å². The Labute approximate surface area is 157 Å². The molecule has 5 rings (SSSR count). The Morgan fingerprint density at radius 3 is 2.48 bits per heavy atom. The summed E-state index contributed by atoms with van der Waals surface area (Å²) in [6.45, 7) is 1.58. The van der Waals surface area contributed by atoms with Gasteiger partial charge in [-0.1, -0.05) is 48.5 Å². The highest BCUT2D eigenvalue weighted by atomic mass is 16.5. The average Bonchev–Trinajstić information content (AvgIpc) is 2.71. The number of fused-ring (bicyclic) bond motifs is 1. The minimum atomic E-state index is 0.0810. The van der Waals surface area contributed by atoms with Crippen LogP contribution in [0.15, 0.2) is 79.1 Å². The summed E-state index contributed by atoms with van der Waals surface area (Å²) in [5.41, 5.74) is 2.80. The molecule has 5 nitrogen and oxygen atoms in total. The number of hydrogen-bond donors (Lipinski definition) is 0. The smallest absolute Gasteiger partial charge is 0.240 e. The Bertz CT molecular complexity index is 1080. The Kier molecular flexibility index (Phi) is 3.90. The predicted octanol–water partition coefficient (Wildman–Crippen LogP) is 3.96. The topological polar surface area (TPSA) is 51.1 Å². The summed E-state index contributed by atoms with van der Waals surface area (Å²) in [5.74, 6) is 1.57. The largest absolute Gasteiger partial charge is 0.469 e. The molecule has 0 aliphatic carbocycles. The number of para-hydroxylation sites is 1. The standard InChI is InChI=1S/C22H18N4O/c1-2-7-17(8-3-1)21-22(24-13-12-23-21)27-18-14-26(15-18)20-11-10-16-6-4-5-9-19(16)25-20/h1-13,18H,14-15H2. The number of hydrogen-bond acceptors (Lipinski definition) is 5. The molecular weight excluding hydrogens is 336 g/mol. The van der Waals surface area contributed by atoms with Gasteiger partial charge in [0.1, 0.15) is 17.6 Å². The van der Waals surface area contributed by atoms with Gasteiger partial charge in [0.05, 0.1) is 18.6 Å². The van der Waals surface area contributed by atoms with Crippen molar-refractivity contribution >= 4 is 16.7 Å². The molecule has 0 saturated carbocycles. The van der Waals surface area contributed by atoms with Crippen molar-refractivity contribution in [2.45, 2.75) is 6.10 Å². The summed E-state index contributed by atoms with van der Waals surface area (Å²) in [7, 11) is 0. The summed E-state index contributed by atoms with van der Waals surface area (Å²) in [6.07, 6.45) is 3.45. The molecule has 0 N–H and O–H groups in total. The zero-order chi connectivity index (χ0) is 18.1. The molecule has 5 heteroatoms. The second kappa shape index (κ2) is 6.68. The van der Waals surface area contributed by atoms with Gasteiger partial charge in [0.25, 0.3) is 0 Å². The molecular formula is C22H18N4O. The van der Waals surface area contributed by atoms with E-state index in [1.54, 1.807) is 12.4 Å². The number of rotatable bonds is 4. The molecule has 0 amide bonds. The highest BCUT2D eigenvalue weighted by Crippen LogP contribution is 2.29. The van der Waals surface area contributed by atoms with Gasteiger partial charge in [-0.25, -0.2) is 15.0 Å². The summed E-state index contributed by atoms with van der Waals surface area (Å²) < 4.78 is 6.13. The van der Waals surface area contributed by atoms with Crippen LogP contribution in [0.25, 0.3) is 22.2 Å². The zero-order valence-electron chi connectivity index (χ0n) is 14.7. The Morgan fingerprint density at radius 1 is 0.815 bits per heavy atom. The fourth-order valence-electron chi connectivity index (χ4n) is 3.29. The van der Waals surface area contributed by atoms with Crippen molar-refractivity contribution in [2.75, 3.05) is 18.0 Å². The van der Waals surface area contributed by atoms with Crippen LogP contribution < -0.4 is 9.64 Å². The van der Waals surface area contributed by atoms with E-state index in [1.807, 2.05) is 48.5 Å². The fourth-order valence-corrected chi connectivity index (χ4v) is 3.29. The lowest BCUT2D eigenvalue weighted by Gasteiger charge is -2.39. The molecule has 1 aliphatic rings. The first-order chi connectivity index (χ1) is 13.4. The van der Waals surface area contributed by atoms with E-state index in [0.717, 1.165) is 41.1 Å². The maximum Gasteiger partial charge on any atom is 0.240 e. The second-order valence-corrected chi connectivity index (χ2v) is 6.58. The summed E-state index contributed by atoms with van der Waals surface area (Å²) >= 11 is 0. The number of aromatic nitrogens is 3. The summed E-state index contributed by atoms with van der Waals surface area (Å²) in [5, 5.41) is 1.15. The lowest BCUT2D eigenvalue weighted by atomic mass is 10.1. The molecule has 3 heterocycles. The van der Waals surface area contributed by atoms with Gasteiger partial charge in [0.2, 0.25) is 5.88 Å². The fraction of sp³-hybridized carbons (Fsp3) is 0.136. The van der Waals surface area contributed by atoms with Gasteiger partial charge in [-0.05, 0) is 18.2 Å². The first-order valence-electron chi connectivity index (χ1n) is 9.01. The normalized spacial score (nSPS) is 14.1. The molecule has 0 atom stereocenters. The van der Waals surface area contributed by atoms with E-state index in [1.165, 1.54) is 0 Å². The van der Waals surface area contributed by atoms with Crippen LogP contribution in [0.1, 0.15) is 0 Å². The Morgan fingerprint density at radius 2 is 1.59 bits per heavy atom. The predicted molar refractivity (Wildman–Crippen MR) is 106 cm³/mol. The van der Waals surface area contributed by atoms with E-state index in [4.69, 9.17) is 9.72 Å². The van der Waals surface area contributed by atoms with Crippen molar-refractivity contribution in [2.24, 2.45) is 0 Å². The van der Waals surface area contributed by atoms with Crippen LogP contribution in [0.5, 0.6) is 5.88 Å². The minimum Gasteiger partial charge on any atom is -0.469 e.